The van der Waals surface area contributed by atoms with Crippen molar-refractivity contribution in [3.63, 3.8) is 0 Å². The summed E-state index contributed by atoms with van der Waals surface area (Å²) in [6, 6.07) is 8.23. The van der Waals surface area contributed by atoms with E-state index in [9.17, 15) is 4.39 Å². The lowest BCUT2D eigenvalue weighted by Crippen LogP contribution is -2.45. The predicted molar refractivity (Wildman–Crippen MR) is 88.7 cm³/mol. The van der Waals surface area contributed by atoms with Crippen LogP contribution in [0.4, 0.5) is 4.39 Å². The zero-order chi connectivity index (χ0) is 15.1. The van der Waals surface area contributed by atoms with E-state index in [4.69, 9.17) is 4.74 Å². The minimum Gasteiger partial charge on any atom is -0.492 e. The monoisotopic (exact) mass is 357 g/mol. The Hall–Kier alpha value is -0.610. The van der Waals surface area contributed by atoms with Crippen LogP contribution in [0, 0.1) is 0 Å². The standard InChI is InChI=1S/C17H25BrFNO/c1-2-5-15(19)12-20-11-4-3-6-16(20)13-21-17-9-7-14(18)8-10-17/h7-10,15-16H,2-6,11-13H2,1H3. The van der Waals surface area contributed by atoms with Gasteiger partial charge in [0.25, 0.3) is 0 Å². The summed E-state index contributed by atoms with van der Waals surface area (Å²) in [6.07, 6.45) is 4.37. The highest BCUT2D eigenvalue weighted by Crippen LogP contribution is 2.21. The molecule has 1 saturated heterocycles. The SMILES string of the molecule is CCCC(F)CN1CCCCC1COc1ccc(Br)cc1. The summed E-state index contributed by atoms with van der Waals surface area (Å²) in [5.41, 5.74) is 0. The predicted octanol–water partition coefficient (Wildman–Crippen LogP) is 4.82. The molecule has 0 bridgehead atoms. The number of hydrogen-bond acceptors (Lipinski definition) is 2. The molecule has 0 N–H and O–H groups in total. The first-order valence-electron chi connectivity index (χ1n) is 7.95. The van der Waals surface area contributed by atoms with Gasteiger partial charge in [0, 0.05) is 17.1 Å². The lowest BCUT2D eigenvalue weighted by atomic mass is 10.0. The van der Waals surface area contributed by atoms with E-state index in [0.29, 0.717) is 25.6 Å². The van der Waals surface area contributed by atoms with E-state index in [1.54, 1.807) is 0 Å². The van der Waals surface area contributed by atoms with Gasteiger partial charge >= 0.3 is 0 Å². The van der Waals surface area contributed by atoms with Crippen LogP contribution < -0.4 is 4.74 Å². The Labute approximate surface area is 135 Å². The van der Waals surface area contributed by atoms with Crippen LogP contribution in [0.25, 0.3) is 0 Å². The van der Waals surface area contributed by atoms with Crippen molar-refractivity contribution in [2.24, 2.45) is 0 Å². The molecule has 1 aromatic carbocycles. The van der Waals surface area contributed by atoms with Gasteiger partial charge in [0.2, 0.25) is 0 Å². The molecular weight excluding hydrogens is 333 g/mol. The molecule has 4 heteroatoms. The smallest absolute Gasteiger partial charge is 0.119 e. The first-order chi connectivity index (χ1) is 10.2. The van der Waals surface area contributed by atoms with Crippen molar-refractivity contribution in [3.8, 4) is 5.75 Å². The van der Waals surface area contributed by atoms with Crippen LogP contribution >= 0.6 is 15.9 Å². The maximum Gasteiger partial charge on any atom is 0.119 e. The highest BCUT2D eigenvalue weighted by Gasteiger charge is 2.25. The Morgan fingerprint density at radius 1 is 1.33 bits per heavy atom. The lowest BCUT2D eigenvalue weighted by Gasteiger charge is -2.36. The topological polar surface area (TPSA) is 12.5 Å². The first-order valence-corrected chi connectivity index (χ1v) is 8.75. The minimum absolute atomic E-state index is 0.345. The Morgan fingerprint density at radius 2 is 2.10 bits per heavy atom. The van der Waals surface area contributed by atoms with E-state index in [2.05, 4.69) is 20.8 Å². The third kappa shape index (κ3) is 5.59. The van der Waals surface area contributed by atoms with Crippen molar-refractivity contribution in [1.82, 2.24) is 4.90 Å². The normalized spacial score (nSPS) is 21.2. The molecular formula is C17H25BrFNO. The molecule has 0 radical (unpaired) electrons. The van der Waals surface area contributed by atoms with Crippen LogP contribution in [0.1, 0.15) is 39.0 Å². The summed E-state index contributed by atoms with van der Waals surface area (Å²) in [4.78, 5) is 2.28. The van der Waals surface area contributed by atoms with E-state index in [1.165, 1.54) is 12.8 Å². The van der Waals surface area contributed by atoms with Crippen molar-refractivity contribution in [3.05, 3.63) is 28.7 Å². The molecule has 21 heavy (non-hydrogen) atoms. The molecule has 2 unspecified atom stereocenters. The first kappa shape index (κ1) is 16.8. The van der Waals surface area contributed by atoms with Gasteiger partial charge in [0.05, 0.1) is 0 Å². The summed E-state index contributed by atoms with van der Waals surface area (Å²) in [6.45, 7) is 4.25. The van der Waals surface area contributed by atoms with Crippen LogP contribution in [0.5, 0.6) is 5.75 Å². The Bertz CT molecular complexity index is 412. The second-order valence-corrected chi connectivity index (χ2v) is 6.71. The average Bonchev–Trinajstić information content (AvgIpc) is 2.48. The molecule has 2 nitrogen and oxygen atoms in total. The highest BCUT2D eigenvalue weighted by atomic mass is 79.9. The minimum atomic E-state index is -0.705. The van der Waals surface area contributed by atoms with Gasteiger partial charge in [-0.25, -0.2) is 4.39 Å². The molecule has 0 amide bonds. The Morgan fingerprint density at radius 3 is 2.81 bits per heavy atom. The largest absolute Gasteiger partial charge is 0.492 e. The Balaban J connectivity index is 1.85. The summed E-state index contributed by atoms with van der Waals surface area (Å²) < 4.78 is 20.8. The second-order valence-electron chi connectivity index (χ2n) is 5.80. The second kappa shape index (κ2) is 8.74. The zero-order valence-corrected chi connectivity index (χ0v) is 14.3. The third-order valence-electron chi connectivity index (χ3n) is 4.04. The van der Waals surface area contributed by atoms with Crippen molar-refractivity contribution in [2.75, 3.05) is 19.7 Å². The Kier molecular flexibility index (Phi) is 6.97. The number of ether oxygens (including phenoxy) is 1. The van der Waals surface area contributed by atoms with Crippen LogP contribution in [0.15, 0.2) is 28.7 Å². The average molecular weight is 358 g/mol. The summed E-state index contributed by atoms with van der Waals surface area (Å²) in [7, 11) is 0. The number of alkyl halides is 1. The van der Waals surface area contributed by atoms with Gasteiger partial charge < -0.3 is 4.74 Å². The number of likely N-dealkylation sites (tertiary alicyclic amines) is 1. The zero-order valence-electron chi connectivity index (χ0n) is 12.7. The van der Waals surface area contributed by atoms with Gasteiger partial charge in [-0.15, -0.1) is 0 Å². The van der Waals surface area contributed by atoms with Crippen LogP contribution in [-0.4, -0.2) is 36.8 Å². The maximum atomic E-state index is 13.9. The van der Waals surface area contributed by atoms with Crippen molar-refractivity contribution in [2.45, 2.75) is 51.2 Å². The molecule has 0 aliphatic carbocycles. The quantitative estimate of drug-likeness (QED) is 0.693. The molecule has 2 atom stereocenters. The molecule has 1 aromatic rings. The van der Waals surface area contributed by atoms with Crippen molar-refractivity contribution >= 4 is 15.9 Å². The van der Waals surface area contributed by atoms with Gasteiger partial charge in [0.15, 0.2) is 0 Å². The number of nitrogens with zero attached hydrogens (tertiary/aromatic N) is 1. The van der Waals surface area contributed by atoms with Crippen molar-refractivity contribution in [1.29, 1.82) is 0 Å². The molecule has 1 heterocycles. The van der Waals surface area contributed by atoms with Gasteiger partial charge in [-0.1, -0.05) is 35.7 Å². The fourth-order valence-electron chi connectivity index (χ4n) is 2.87. The number of halogens is 2. The maximum absolute atomic E-state index is 13.9. The van der Waals surface area contributed by atoms with Gasteiger partial charge in [-0.2, -0.15) is 0 Å². The number of benzene rings is 1. The third-order valence-corrected chi connectivity index (χ3v) is 4.57. The fourth-order valence-corrected chi connectivity index (χ4v) is 3.14. The van der Waals surface area contributed by atoms with E-state index in [1.807, 2.05) is 31.2 Å². The molecule has 1 fully saturated rings. The van der Waals surface area contributed by atoms with Gasteiger partial charge in [-0.05, 0) is 50.1 Å². The number of rotatable bonds is 7. The summed E-state index contributed by atoms with van der Waals surface area (Å²) >= 11 is 3.42. The fraction of sp³-hybridized carbons (Fsp3) is 0.647. The van der Waals surface area contributed by atoms with E-state index >= 15 is 0 Å². The number of piperidine rings is 1. The molecule has 2 rings (SSSR count). The number of hydrogen-bond donors (Lipinski definition) is 0. The van der Waals surface area contributed by atoms with E-state index < -0.39 is 6.17 Å². The van der Waals surface area contributed by atoms with Gasteiger partial charge in [-0.3, -0.25) is 4.90 Å². The summed E-state index contributed by atoms with van der Waals surface area (Å²) in [5, 5.41) is 0. The van der Waals surface area contributed by atoms with E-state index in [0.717, 1.165) is 29.6 Å². The molecule has 0 spiro atoms. The van der Waals surface area contributed by atoms with E-state index in [-0.39, 0.29) is 0 Å². The van der Waals surface area contributed by atoms with Crippen molar-refractivity contribution < 1.29 is 9.13 Å². The lowest BCUT2D eigenvalue weighted by molar-refractivity contribution is 0.0729. The van der Waals surface area contributed by atoms with Crippen LogP contribution in [-0.2, 0) is 0 Å². The molecule has 118 valence electrons. The molecule has 1 aliphatic heterocycles. The highest BCUT2D eigenvalue weighted by molar-refractivity contribution is 9.10. The van der Waals surface area contributed by atoms with Crippen LogP contribution in [0.3, 0.4) is 0 Å². The molecule has 0 aromatic heterocycles. The summed E-state index contributed by atoms with van der Waals surface area (Å²) in [5.74, 6) is 0.883. The molecule has 0 saturated carbocycles. The van der Waals surface area contributed by atoms with Gasteiger partial charge in [0.1, 0.15) is 18.5 Å². The van der Waals surface area contributed by atoms with Crippen LogP contribution in [0.2, 0.25) is 0 Å². The molecule has 1 aliphatic rings.